The fourth-order valence-corrected chi connectivity index (χ4v) is 2.12. The quantitative estimate of drug-likeness (QED) is 0.833. The molecule has 114 valence electrons. The van der Waals surface area contributed by atoms with Crippen LogP contribution < -0.4 is 5.32 Å². The molecule has 2 rings (SSSR count). The molecule has 0 aliphatic carbocycles. The Morgan fingerprint density at radius 2 is 1.50 bits per heavy atom. The minimum Gasteiger partial charge on any atom is -0.452 e. The van der Waals surface area contributed by atoms with E-state index in [4.69, 9.17) is 4.74 Å². The SMILES string of the molecule is CC(=O)OC(Cc1ccccc1)C(=O)NCc1ccccc1. The lowest BCUT2D eigenvalue weighted by atomic mass is 10.1. The summed E-state index contributed by atoms with van der Waals surface area (Å²) in [5.41, 5.74) is 1.95. The van der Waals surface area contributed by atoms with Crippen molar-refractivity contribution in [1.29, 1.82) is 0 Å². The number of hydrogen-bond acceptors (Lipinski definition) is 3. The summed E-state index contributed by atoms with van der Waals surface area (Å²) in [5, 5.41) is 2.81. The summed E-state index contributed by atoms with van der Waals surface area (Å²) in [5.74, 6) is -0.751. The summed E-state index contributed by atoms with van der Waals surface area (Å²) in [7, 11) is 0. The third kappa shape index (κ3) is 5.05. The second kappa shape index (κ2) is 7.98. The topological polar surface area (TPSA) is 55.4 Å². The predicted octanol–water partition coefficient (Wildman–Crippen LogP) is 2.48. The molecular weight excluding hydrogens is 278 g/mol. The zero-order chi connectivity index (χ0) is 15.8. The maximum Gasteiger partial charge on any atom is 0.303 e. The Balaban J connectivity index is 1.98. The van der Waals surface area contributed by atoms with E-state index in [0.717, 1.165) is 11.1 Å². The average Bonchev–Trinajstić information content (AvgIpc) is 2.53. The average molecular weight is 297 g/mol. The first-order valence-corrected chi connectivity index (χ1v) is 7.18. The standard InChI is InChI=1S/C18H19NO3/c1-14(20)22-17(12-15-8-4-2-5-9-15)18(21)19-13-16-10-6-3-7-11-16/h2-11,17H,12-13H2,1H3,(H,19,21). The molecule has 4 nitrogen and oxygen atoms in total. The number of benzene rings is 2. The first-order chi connectivity index (χ1) is 10.6. The lowest BCUT2D eigenvalue weighted by molar-refractivity contribution is -0.153. The van der Waals surface area contributed by atoms with Gasteiger partial charge in [-0.2, -0.15) is 0 Å². The Hall–Kier alpha value is -2.62. The Bertz CT molecular complexity index is 611. The number of hydrogen-bond donors (Lipinski definition) is 1. The molecule has 1 amide bonds. The molecule has 0 aliphatic rings. The molecule has 0 spiro atoms. The van der Waals surface area contributed by atoms with Crippen molar-refractivity contribution in [3.05, 3.63) is 71.8 Å². The highest BCUT2D eigenvalue weighted by atomic mass is 16.5. The molecule has 22 heavy (non-hydrogen) atoms. The molecular formula is C18H19NO3. The van der Waals surface area contributed by atoms with Crippen LogP contribution in [0.1, 0.15) is 18.1 Å². The molecule has 0 fully saturated rings. The Labute approximate surface area is 130 Å². The molecule has 0 aliphatic heterocycles. The third-order valence-corrected chi connectivity index (χ3v) is 3.17. The van der Waals surface area contributed by atoms with Crippen molar-refractivity contribution in [1.82, 2.24) is 5.32 Å². The zero-order valence-electron chi connectivity index (χ0n) is 12.5. The second-order valence-corrected chi connectivity index (χ2v) is 4.99. The Kier molecular flexibility index (Phi) is 5.72. The fourth-order valence-electron chi connectivity index (χ4n) is 2.12. The van der Waals surface area contributed by atoms with Gasteiger partial charge in [0.1, 0.15) is 0 Å². The smallest absolute Gasteiger partial charge is 0.303 e. The minimum atomic E-state index is -0.816. The summed E-state index contributed by atoms with van der Waals surface area (Å²) in [6.07, 6.45) is -0.454. The van der Waals surface area contributed by atoms with E-state index in [-0.39, 0.29) is 5.91 Å². The van der Waals surface area contributed by atoms with E-state index in [1.165, 1.54) is 6.92 Å². The van der Waals surface area contributed by atoms with Gasteiger partial charge in [0.25, 0.3) is 5.91 Å². The maximum absolute atomic E-state index is 12.3. The Morgan fingerprint density at radius 3 is 2.05 bits per heavy atom. The number of ether oxygens (including phenoxy) is 1. The van der Waals surface area contributed by atoms with Gasteiger partial charge in [-0.15, -0.1) is 0 Å². The summed E-state index contributed by atoms with van der Waals surface area (Å²) in [6, 6.07) is 19.1. The van der Waals surface area contributed by atoms with Crippen LogP contribution in [0, 0.1) is 0 Å². The van der Waals surface area contributed by atoms with Crippen molar-refractivity contribution in [3.63, 3.8) is 0 Å². The van der Waals surface area contributed by atoms with E-state index in [0.29, 0.717) is 13.0 Å². The van der Waals surface area contributed by atoms with Crippen molar-refractivity contribution in [3.8, 4) is 0 Å². The van der Waals surface area contributed by atoms with E-state index >= 15 is 0 Å². The van der Waals surface area contributed by atoms with E-state index in [1.54, 1.807) is 0 Å². The second-order valence-electron chi connectivity index (χ2n) is 4.99. The van der Waals surface area contributed by atoms with Crippen LogP contribution in [0.15, 0.2) is 60.7 Å². The van der Waals surface area contributed by atoms with E-state index in [9.17, 15) is 9.59 Å². The number of nitrogens with one attached hydrogen (secondary N) is 1. The molecule has 0 heterocycles. The minimum absolute atomic E-state index is 0.289. The van der Waals surface area contributed by atoms with E-state index in [1.807, 2.05) is 60.7 Å². The van der Waals surface area contributed by atoms with Crippen LogP contribution in [0.25, 0.3) is 0 Å². The molecule has 0 radical (unpaired) electrons. The number of amides is 1. The summed E-state index contributed by atoms with van der Waals surface area (Å²) >= 11 is 0. The number of rotatable bonds is 6. The van der Waals surface area contributed by atoms with Crippen molar-refractivity contribution in [2.24, 2.45) is 0 Å². The Morgan fingerprint density at radius 1 is 0.955 bits per heavy atom. The van der Waals surface area contributed by atoms with Gasteiger partial charge in [-0.1, -0.05) is 60.7 Å². The van der Waals surface area contributed by atoms with Gasteiger partial charge >= 0.3 is 5.97 Å². The fraction of sp³-hybridized carbons (Fsp3) is 0.222. The monoisotopic (exact) mass is 297 g/mol. The number of carbonyl (C=O) groups is 2. The van der Waals surface area contributed by atoms with Crippen LogP contribution in [0.3, 0.4) is 0 Å². The van der Waals surface area contributed by atoms with Gasteiger partial charge in [0.15, 0.2) is 6.10 Å². The molecule has 2 aromatic carbocycles. The molecule has 1 N–H and O–H groups in total. The van der Waals surface area contributed by atoms with E-state index < -0.39 is 12.1 Å². The van der Waals surface area contributed by atoms with Gasteiger partial charge in [0, 0.05) is 19.9 Å². The molecule has 0 aromatic heterocycles. The summed E-state index contributed by atoms with van der Waals surface area (Å²) in [4.78, 5) is 23.5. The molecule has 0 bridgehead atoms. The largest absolute Gasteiger partial charge is 0.452 e. The lowest BCUT2D eigenvalue weighted by Gasteiger charge is -2.17. The van der Waals surface area contributed by atoms with E-state index in [2.05, 4.69) is 5.32 Å². The molecule has 0 saturated heterocycles. The molecule has 0 saturated carbocycles. The number of esters is 1. The highest BCUT2D eigenvalue weighted by Gasteiger charge is 2.21. The van der Waals surface area contributed by atoms with Crippen molar-refractivity contribution in [2.75, 3.05) is 0 Å². The third-order valence-electron chi connectivity index (χ3n) is 3.17. The highest BCUT2D eigenvalue weighted by Crippen LogP contribution is 2.07. The van der Waals surface area contributed by atoms with Crippen LogP contribution in [0.5, 0.6) is 0 Å². The lowest BCUT2D eigenvalue weighted by Crippen LogP contribution is -2.38. The van der Waals surface area contributed by atoms with Crippen molar-refractivity contribution < 1.29 is 14.3 Å². The van der Waals surface area contributed by atoms with Gasteiger partial charge in [-0.05, 0) is 11.1 Å². The number of carbonyl (C=O) groups excluding carboxylic acids is 2. The van der Waals surface area contributed by atoms with Gasteiger partial charge in [0.2, 0.25) is 0 Å². The van der Waals surface area contributed by atoms with Crippen LogP contribution in [-0.4, -0.2) is 18.0 Å². The van der Waals surface area contributed by atoms with Crippen LogP contribution in [-0.2, 0) is 27.3 Å². The zero-order valence-corrected chi connectivity index (χ0v) is 12.5. The van der Waals surface area contributed by atoms with Gasteiger partial charge < -0.3 is 10.1 Å². The predicted molar refractivity (Wildman–Crippen MR) is 84.0 cm³/mol. The van der Waals surface area contributed by atoms with Gasteiger partial charge in [-0.3, -0.25) is 9.59 Å². The highest BCUT2D eigenvalue weighted by molar-refractivity contribution is 5.83. The first kappa shape index (κ1) is 15.8. The molecule has 2 aromatic rings. The normalized spacial score (nSPS) is 11.5. The van der Waals surface area contributed by atoms with Crippen LogP contribution >= 0.6 is 0 Å². The van der Waals surface area contributed by atoms with Crippen LogP contribution in [0.2, 0.25) is 0 Å². The molecule has 1 unspecified atom stereocenters. The maximum atomic E-state index is 12.3. The molecule has 4 heteroatoms. The van der Waals surface area contributed by atoms with Gasteiger partial charge in [0.05, 0.1) is 0 Å². The summed E-state index contributed by atoms with van der Waals surface area (Å²) < 4.78 is 5.15. The summed E-state index contributed by atoms with van der Waals surface area (Å²) in [6.45, 7) is 1.72. The van der Waals surface area contributed by atoms with Crippen LogP contribution in [0.4, 0.5) is 0 Å². The van der Waals surface area contributed by atoms with Gasteiger partial charge in [-0.25, -0.2) is 0 Å². The first-order valence-electron chi connectivity index (χ1n) is 7.18. The molecule has 1 atom stereocenters. The van der Waals surface area contributed by atoms with Crippen molar-refractivity contribution in [2.45, 2.75) is 26.0 Å². The van der Waals surface area contributed by atoms with Crippen molar-refractivity contribution >= 4 is 11.9 Å².